The van der Waals surface area contributed by atoms with E-state index in [1.807, 2.05) is 0 Å². The van der Waals surface area contributed by atoms with Crippen LogP contribution in [-0.4, -0.2) is 40.7 Å². The third-order valence-corrected chi connectivity index (χ3v) is 4.19. The summed E-state index contributed by atoms with van der Waals surface area (Å²) in [6, 6.07) is 0. The van der Waals surface area contributed by atoms with Gasteiger partial charge in [0, 0.05) is 25.0 Å². The van der Waals surface area contributed by atoms with Gasteiger partial charge < -0.3 is 5.32 Å². The number of aromatic nitrogens is 2. The lowest BCUT2D eigenvalue weighted by molar-refractivity contribution is 0.266. The third kappa shape index (κ3) is 2.37. The zero-order valence-electron chi connectivity index (χ0n) is 9.19. The Labute approximate surface area is 106 Å². The lowest BCUT2D eigenvalue weighted by Gasteiger charge is -2.22. The molecule has 0 aromatic carbocycles. The first-order valence-corrected chi connectivity index (χ1v) is 6.39. The summed E-state index contributed by atoms with van der Waals surface area (Å²) in [6.45, 7) is 5.85. The molecular weight excluding hydrogens is 244 g/mol. The fourth-order valence-corrected chi connectivity index (χ4v) is 3.23. The van der Waals surface area contributed by atoms with E-state index >= 15 is 0 Å². The lowest BCUT2D eigenvalue weighted by Crippen LogP contribution is -2.29. The summed E-state index contributed by atoms with van der Waals surface area (Å²) in [5.74, 6) is 0. The highest BCUT2D eigenvalue weighted by Crippen LogP contribution is 2.36. The van der Waals surface area contributed by atoms with Gasteiger partial charge in [-0.3, -0.25) is 4.90 Å². The Hall–Kier alpha value is -0.230. The van der Waals surface area contributed by atoms with E-state index in [-0.39, 0.29) is 12.4 Å². The van der Waals surface area contributed by atoms with Gasteiger partial charge in [0.15, 0.2) is 0 Å². The number of rotatable bonds is 2. The van der Waals surface area contributed by atoms with Crippen molar-refractivity contribution in [2.75, 3.05) is 26.2 Å². The summed E-state index contributed by atoms with van der Waals surface area (Å²) in [5, 5.41) is 9.64. The summed E-state index contributed by atoms with van der Waals surface area (Å²) in [5.41, 5.74) is 1.70. The van der Waals surface area contributed by atoms with Crippen molar-refractivity contribution in [3.63, 3.8) is 0 Å². The van der Waals surface area contributed by atoms with Gasteiger partial charge >= 0.3 is 0 Å². The smallest absolute Gasteiger partial charge is 0.0895 e. The van der Waals surface area contributed by atoms with Crippen LogP contribution in [0.15, 0.2) is 5.38 Å². The zero-order chi connectivity index (χ0) is 10.1. The topological polar surface area (TPSA) is 41.1 Å². The molecule has 0 aliphatic carbocycles. The van der Waals surface area contributed by atoms with E-state index in [0.717, 1.165) is 12.2 Å². The quantitative estimate of drug-likeness (QED) is 0.866. The molecule has 1 N–H and O–H groups in total. The maximum absolute atomic E-state index is 4.11. The summed E-state index contributed by atoms with van der Waals surface area (Å²) in [4.78, 5) is 2.52. The monoisotopic (exact) mass is 260 g/mol. The number of nitrogens with zero attached hydrogens (tertiary/aromatic N) is 3. The molecule has 4 nitrogen and oxygen atoms in total. The van der Waals surface area contributed by atoms with Gasteiger partial charge in [-0.15, -0.1) is 17.5 Å². The van der Waals surface area contributed by atoms with Crippen LogP contribution < -0.4 is 5.32 Å². The van der Waals surface area contributed by atoms with Crippen molar-refractivity contribution in [2.45, 2.75) is 19.4 Å². The van der Waals surface area contributed by atoms with Crippen molar-refractivity contribution in [3.8, 4) is 0 Å². The van der Waals surface area contributed by atoms with Crippen LogP contribution in [-0.2, 0) is 6.54 Å². The van der Waals surface area contributed by atoms with Crippen LogP contribution in [0.4, 0.5) is 0 Å². The minimum atomic E-state index is 0. The van der Waals surface area contributed by atoms with E-state index in [4.69, 9.17) is 0 Å². The fourth-order valence-electron chi connectivity index (χ4n) is 2.79. The highest BCUT2D eigenvalue weighted by molar-refractivity contribution is 7.03. The summed E-state index contributed by atoms with van der Waals surface area (Å²) in [7, 11) is 0. The summed E-state index contributed by atoms with van der Waals surface area (Å²) >= 11 is 1.45. The Bertz CT molecular complexity index is 324. The Balaban J connectivity index is 0.000000963. The second-order valence-electron chi connectivity index (χ2n) is 4.78. The molecule has 1 unspecified atom stereocenters. The van der Waals surface area contributed by atoms with Crippen LogP contribution in [0.3, 0.4) is 0 Å². The number of hydrogen-bond acceptors (Lipinski definition) is 5. The standard InChI is InChI=1S/C10H16N4S.ClH/c1-3-11-7-10(1)2-4-14(8-10)5-9-6-15-13-12-9;/h6,11H,1-5,7-8H2;1H. The molecule has 6 heteroatoms. The average Bonchev–Trinajstić information content (AvgIpc) is 2.92. The lowest BCUT2D eigenvalue weighted by atomic mass is 9.87. The molecular formula is C10H17ClN4S. The molecule has 3 rings (SSSR count). The average molecular weight is 261 g/mol. The molecule has 90 valence electrons. The number of nitrogens with one attached hydrogen (secondary N) is 1. The Morgan fingerprint density at radius 2 is 2.44 bits per heavy atom. The molecule has 1 aromatic rings. The molecule has 0 amide bonds. The third-order valence-electron chi connectivity index (χ3n) is 3.64. The van der Waals surface area contributed by atoms with E-state index < -0.39 is 0 Å². The summed E-state index contributed by atoms with van der Waals surface area (Å²) in [6.07, 6.45) is 2.69. The first-order valence-electron chi connectivity index (χ1n) is 5.55. The van der Waals surface area contributed by atoms with Crippen LogP contribution in [0.5, 0.6) is 0 Å². The number of halogens is 1. The van der Waals surface area contributed by atoms with Crippen molar-refractivity contribution in [3.05, 3.63) is 11.1 Å². The molecule has 0 bridgehead atoms. The van der Waals surface area contributed by atoms with Gasteiger partial charge in [-0.1, -0.05) is 4.49 Å². The molecule has 2 aliphatic heterocycles. The molecule has 1 atom stereocenters. The number of hydrogen-bond donors (Lipinski definition) is 1. The van der Waals surface area contributed by atoms with Gasteiger partial charge in [0.2, 0.25) is 0 Å². The molecule has 1 spiro atoms. The highest BCUT2D eigenvalue weighted by atomic mass is 35.5. The van der Waals surface area contributed by atoms with E-state index in [1.54, 1.807) is 0 Å². The van der Waals surface area contributed by atoms with E-state index in [0.29, 0.717) is 5.41 Å². The SMILES string of the molecule is Cl.c1snnc1CN1CCC2(CCNC2)C1. The van der Waals surface area contributed by atoms with E-state index in [1.165, 1.54) is 50.6 Å². The largest absolute Gasteiger partial charge is 0.316 e. The van der Waals surface area contributed by atoms with Crippen molar-refractivity contribution < 1.29 is 0 Å². The van der Waals surface area contributed by atoms with Crippen molar-refractivity contribution in [2.24, 2.45) is 5.41 Å². The Morgan fingerprint density at radius 3 is 3.12 bits per heavy atom. The minimum absolute atomic E-state index is 0. The highest BCUT2D eigenvalue weighted by Gasteiger charge is 2.40. The molecule has 0 saturated carbocycles. The van der Waals surface area contributed by atoms with Gasteiger partial charge in [-0.25, -0.2) is 0 Å². The van der Waals surface area contributed by atoms with Crippen molar-refractivity contribution >= 4 is 23.9 Å². The maximum Gasteiger partial charge on any atom is 0.0895 e. The van der Waals surface area contributed by atoms with Crippen LogP contribution in [0.1, 0.15) is 18.5 Å². The van der Waals surface area contributed by atoms with Gasteiger partial charge in [0.05, 0.1) is 5.69 Å². The normalized spacial score (nSPS) is 29.8. The van der Waals surface area contributed by atoms with Gasteiger partial charge in [0.25, 0.3) is 0 Å². The first kappa shape index (κ1) is 12.2. The zero-order valence-corrected chi connectivity index (χ0v) is 10.8. The number of likely N-dealkylation sites (tertiary alicyclic amines) is 1. The predicted octanol–water partition coefficient (Wildman–Crippen LogP) is 1.15. The summed E-state index contributed by atoms with van der Waals surface area (Å²) < 4.78 is 3.91. The van der Waals surface area contributed by atoms with E-state index in [9.17, 15) is 0 Å². The second-order valence-corrected chi connectivity index (χ2v) is 5.39. The van der Waals surface area contributed by atoms with Crippen molar-refractivity contribution in [1.29, 1.82) is 0 Å². The van der Waals surface area contributed by atoms with Crippen LogP contribution in [0.25, 0.3) is 0 Å². The van der Waals surface area contributed by atoms with Gasteiger partial charge in [0.1, 0.15) is 0 Å². The fraction of sp³-hybridized carbons (Fsp3) is 0.800. The maximum atomic E-state index is 4.11. The van der Waals surface area contributed by atoms with Gasteiger partial charge in [-0.05, 0) is 42.9 Å². The minimum Gasteiger partial charge on any atom is -0.316 e. The molecule has 1 aromatic heterocycles. The molecule has 2 saturated heterocycles. The van der Waals surface area contributed by atoms with Crippen LogP contribution >= 0.6 is 23.9 Å². The van der Waals surface area contributed by atoms with Crippen LogP contribution in [0.2, 0.25) is 0 Å². The Kier molecular flexibility index (Phi) is 3.79. The van der Waals surface area contributed by atoms with Gasteiger partial charge in [-0.2, -0.15) is 0 Å². The predicted molar refractivity (Wildman–Crippen MR) is 67.0 cm³/mol. The molecule has 2 aliphatic rings. The van der Waals surface area contributed by atoms with Crippen LogP contribution in [0, 0.1) is 5.41 Å². The Morgan fingerprint density at radius 1 is 1.50 bits per heavy atom. The molecule has 0 radical (unpaired) electrons. The first-order chi connectivity index (χ1) is 7.36. The van der Waals surface area contributed by atoms with Crippen molar-refractivity contribution in [1.82, 2.24) is 19.8 Å². The molecule has 2 fully saturated rings. The van der Waals surface area contributed by atoms with E-state index in [2.05, 4.69) is 25.2 Å². The molecule has 16 heavy (non-hydrogen) atoms. The second kappa shape index (κ2) is 4.96. The molecule has 3 heterocycles.